The van der Waals surface area contributed by atoms with Crippen molar-refractivity contribution < 1.29 is 24.2 Å². The number of hydrogen-bond acceptors (Lipinski definition) is 10. The molecule has 4 fully saturated rings. The quantitative estimate of drug-likeness (QED) is 0.389. The van der Waals surface area contributed by atoms with E-state index >= 15 is 0 Å². The Balaban J connectivity index is 0.900. The van der Waals surface area contributed by atoms with Crippen molar-refractivity contribution in [2.24, 2.45) is 11.8 Å². The van der Waals surface area contributed by atoms with E-state index in [0.717, 1.165) is 79.5 Å². The number of aliphatic hydroxyl groups is 1. The zero-order valence-corrected chi connectivity index (χ0v) is 25.9. The van der Waals surface area contributed by atoms with Crippen molar-refractivity contribution in [2.75, 3.05) is 38.2 Å². The molecule has 1 unspecified atom stereocenters. The second-order valence-electron chi connectivity index (χ2n) is 12.7. The molecule has 2 amide bonds. The van der Waals surface area contributed by atoms with Gasteiger partial charge in [-0.2, -0.15) is 0 Å². The van der Waals surface area contributed by atoms with E-state index in [4.69, 9.17) is 9.47 Å². The molecule has 2 aromatic heterocycles. The fraction of sp³-hybridized carbons (Fsp3) is 0.594. The Hall–Kier alpha value is -3.03. The predicted molar refractivity (Wildman–Crippen MR) is 166 cm³/mol. The molecular weight excluding hydrogens is 580 g/mol. The van der Waals surface area contributed by atoms with Crippen LogP contribution in [0.15, 0.2) is 30.6 Å². The maximum Gasteiger partial charge on any atom is 0.229 e. The topological polar surface area (TPSA) is 130 Å². The van der Waals surface area contributed by atoms with Gasteiger partial charge in [-0.15, -0.1) is 0 Å². The Kier molecular flexibility index (Phi) is 8.60. The van der Waals surface area contributed by atoms with Gasteiger partial charge in [0.15, 0.2) is 11.0 Å². The molecule has 2 saturated carbocycles. The monoisotopic (exact) mass is 620 g/mol. The van der Waals surface area contributed by atoms with Crippen molar-refractivity contribution in [2.45, 2.75) is 76.3 Å². The Labute approximate surface area is 261 Å². The Bertz CT molecular complexity index is 1490. The van der Waals surface area contributed by atoms with Gasteiger partial charge in [0.05, 0.1) is 34.9 Å². The van der Waals surface area contributed by atoms with Gasteiger partial charge in [-0.1, -0.05) is 17.4 Å². The molecule has 44 heavy (non-hydrogen) atoms. The molecule has 2 N–H and O–H groups in total. The van der Waals surface area contributed by atoms with Crippen LogP contribution in [0.25, 0.3) is 21.3 Å². The minimum atomic E-state index is -0.396. The number of anilines is 1. The van der Waals surface area contributed by atoms with Gasteiger partial charge in [0.2, 0.25) is 11.8 Å². The lowest BCUT2D eigenvalue weighted by atomic mass is 9.78. The van der Waals surface area contributed by atoms with Gasteiger partial charge in [0.25, 0.3) is 0 Å². The van der Waals surface area contributed by atoms with Gasteiger partial charge in [0, 0.05) is 62.2 Å². The van der Waals surface area contributed by atoms with Crippen LogP contribution < -0.4 is 5.32 Å². The first-order chi connectivity index (χ1) is 21.4. The molecule has 7 rings (SSSR count). The molecule has 2 aliphatic carbocycles. The summed E-state index contributed by atoms with van der Waals surface area (Å²) in [4.78, 5) is 43.9. The largest absolute Gasteiger partial charge is 0.390 e. The van der Waals surface area contributed by atoms with Crippen LogP contribution in [0.3, 0.4) is 0 Å². The Morgan fingerprint density at radius 2 is 1.95 bits per heavy atom. The standard InChI is InChI=1S/C32H40N6O5S/c1-19-16-37(31(41)21-7-10-42-17-21)8-9-38(19)24-11-22(12-24)30(40)36-32-35-25-6-5-20(13-28(25)44-32)23-14-33-29(34-15-23)18-43-27-4-2-3-26(27)39/h5-6,13-15,19,21-22,24,26-27,39H,2-4,7-12,16-18H2,1H3,(H,35,36,40)/t19-,21?,22-,24+,26-,27-/m0/s1. The van der Waals surface area contributed by atoms with Crippen LogP contribution in [-0.2, 0) is 25.7 Å². The van der Waals surface area contributed by atoms with Gasteiger partial charge in [-0.05, 0) is 63.1 Å². The third-order valence-corrected chi connectivity index (χ3v) is 10.7. The lowest BCUT2D eigenvalue weighted by molar-refractivity contribution is -0.140. The summed E-state index contributed by atoms with van der Waals surface area (Å²) in [5.41, 5.74) is 2.71. The lowest BCUT2D eigenvalue weighted by Gasteiger charge is -2.49. The number of nitrogens with one attached hydrogen (secondary N) is 1. The molecule has 12 heteroatoms. The van der Waals surface area contributed by atoms with Crippen molar-refractivity contribution >= 4 is 38.5 Å². The van der Waals surface area contributed by atoms with Crippen LogP contribution in [0.2, 0.25) is 0 Å². The number of carbonyl (C=O) groups is 2. The van der Waals surface area contributed by atoms with Gasteiger partial charge in [-0.25, -0.2) is 15.0 Å². The second-order valence-corrected chi connectivity index (χ2v) is 13.7. The molecule has 234 valence electrons. The number of hydrogen-bond donors (Lipinski definition) is 2. The number of thiazole rings is 1. The molecule has 11 nitrogen and oxygen atoms in total. The highest BCUT2D eigenvalue weighted by molar-refractivity contribution is 7.22. The molecule has 2 saturated heterocycles. The lowest BCUT2D eigenvalue weighted by Crippen LogP contribution is -2.60. The second kappa shape index (κ2) is 12.8. The summed E-state index contributed by atoms with van der Waals surface area (Å²) < 4.78 is 12.2. The van der Waals surface area contributed by atoms with Gasteiger partial charge in [0.1, 0.15) is 6.61 Å². The van der Waals surface area contributed by atoms with Crippen LogP contribution in [-0.4, -0.2) is 98.8 Å². The number of fused-ring (bicyclic) bond motifs is 1. The number of carbonyl (C=O) groups excluding carboxylic acids is 2. The van der Waals surface area contributed by atoms with Crippen molar-refractivity contribution in [1.29, 1.82) is 0 Å². The van der Waals surface area contributed by atoms with Gasteiger partial charge >= 0.3 is 0 Å². The number of aliphatic hydroxyl groups excluding tert-OH is 1. The maximum absolute atomic E-state index is 13.1. The van der Waals surface area contributed by atoms with Crippen LogP contribution in [0, 0.1) is 11.8 Å². The van der Waals surface area contributed by atoms with E-state index in [2.05, 4.69) is 38.2 Å². The Morgan fingerprint density at radius 3 is 2.68 bits per heavy atom. The summed E-state index contributed by atoms with van der Waals surface area (Å²) in [5.74, 6) is 0.845. The smallest absolute Gasteiger partial charge is 0.229 e. The molecule has 4 atom stereocenters. The normalized spacial score (nSPS) is 29.2. The van der Waals surface area contributed by atoms with Crippen molar-refractivity contribution in [3.63, 3.8) is 0 Å². The third kappa shape index (κ3) is 6.23. The van der Waals surface area contributed by atoms with E-state index in [9.17, 15) is 14.7 Å². The summed E-state index contributed by atoms with van der Waals surface area (Å²) in [5, 5.41) is 13.6. The van der Waals surface area contributed by atoms with Crippen molar-refractivity contribution in [3.05, 3.63) is 36.4 Å². The fourth-order valence-electron chi connectivity index (χ4n) is 7.00. The number of ether oxygens (including phenoxy) is 2. The number of nitrogens with zero attached hydrogens (tertiary/aromatic N) is 5. The molecule has 0 radical (unpaired) electrons. The molecule has 1 aromatic carbocycles. The first-order valence-corrected chi connectivity index (χ1v) is 16.7. The minimum Gasteiger partial charge on any atom is -0.390 e. The molecule has 3 aromatic rings. The number of aromatic nitrogens is 3. The molecule has 4 aliphatic rings. The molecule has 2 aliphatic heterocycles. The fourth-order valence-corrected chi connectivity index (χ4v) is 7.91. The van der Waals surface area contributed by atoms with Crippen LogP contribution in [0.4, 0.5) is 5.13 Å². The highest BCUT2D eigenvalue weighted by Crippen LogP contribution is 2.36. The average molecular weight is 621 g/mol. The summed E-state index contributed by atoms with van der Waals surface area (Å²) in [6.07, 6.45) is 8.19. The van der Waals surface area contributed by atoms with E-state index < -0.39 is 6.10 Å². The van der Waals surface area contributed by atoms with E-state index in [-0.39, 0.29) is 42.4 Å². The zero-order valence-electron chi connectivity index (χ0n) is 25.1. The molecular formula is C32H40N6O5S. The number of piperazine rings is 1. The number of amides is 2. The zero-order chi connectivity index (χ0) is 30.2. The first-order valence-electron chi connectivity index (χ1n) is 15.9. The summed E-state index contributed by atoms with van der Waals surface area (Å²) in [6.45, 7) is 6.05. The molecule has 4 heterocycles. The average Bonchev–Trinajstić information content (AvgIpc) is 3.77. The number of benzene rings is 1. The van der Waals surface area contributed by atoms with E-state index in [1.807, 2.05) is 17.0 Å². The maximum atomic E-state index is 13.1. The summed E-state index contributed by atoms with van der Waals surface area (Å²) in [6, 6.07) is 6.66. The van der Waals surface area contributed by atoms with Crippen LogP contribution in [0.5, 0.6) is 0 Å². The van der Waals surface area contributed by atoms with Crippen molar-refractivity contribution in [3.8, 4) is 11.1 Å². The summed E-state index contributed by atoms with van der Waals surface area (Å²) in [7, 11) is 0. The van der Waals surface area contributed by atoms with E-state index in [1.165, 1.54) is 11.3 Å². The molecule has 0 spiro atoms. The highest BCUT2D eigenvalue weighted by atomic mass is 32.1. The molecule has 0 bridgehead atoms. The van der Waals surface area contributed by atoms with E-state index in [0.29, 0.717) is 30.2 Å². The SMILES string of the molecule is C[C@H]1CN(C(=O)C2CCOC2)CCN1[C@H]1C[C@@H](C(=O)Nc2nc3ccc(-c4cnc(CO[C@H]5CCC[C@@H]5O)nc4)cc3s2)C1. The van der Waals surface area contributed by atoms with Crippen LogP contribution in [0.1, 0.15) is 51.3 Å². The highest BCUT2D eigenvalue weighted by Gasteiger charge is 2.42. The van der Waals surface area contributed by atoms with E-state index in [1.54, 1.807) is 12.4 Å². The predicted octanol–water partition coefficient (Wildman–Crippen LogP) is 3.47. The third-order valence-electron chi connectivity index (χ3n) is 9.72. The Morgan fingerprint density at radius 1 is 1.11 bits per heavy atom. The van der Waals surface area contributed by atoms with Gasteiger partial charge < -0.3 is 24.8 Å². The van der Waals surface area contributed by atoms with Crippen molar-refractivity contribution in [1.82, 2.24) is 24.8 Å². The van der Waals surface area contributed by atoms with Gasteiger partial charge in [-0.3, -0.25) is 14.5 Å². The van der Waals surface area contributed by atoms with Crippen LogP contribution >= 0.6 is 11.3 Å². The number of rotatable bonds is 8. The summed E-state index contributed by atoms with van der Waals surface area (Å²) >= 11 is 1.47. The minimum absolute atomic E-state index is 0.0173. The first kappa shape index (κ1) is 29.7.